The highest BCUT2D eigenvalue weighted by Crippen LogP contribution is 2.27. The molecule has 3 atom stereocenters. The number of nitrogens with one attached hydrogen (secondary N) is 3. The summed E-state index contributed by atoms with van der Waals surface area (Å²) >= 11 is 6.02. The van der Waals surface area contributed by atoms with Crippen LogP contribution in [0.15, 0.2) is 54.6 Å². The number of ether oxygens (including phenoxy) is 2. The quantitative estimate of drug-likeness (QED) is 0.233. The maximum Gasteiger partial charge on any atom is 0.408 e. The van der Waals surface area contributed by atoms with Gasteiger partial charge in [0.15, 0.2) is 0 Å². The maximum absolute atomic E-state index is 13.6. The Bertz CT molecular complexity index is 1190. The second kappa shape index (κ2) is 18.2. The van der Waals surface area contributed by atoms with Crippen LogP contribution in [0.1, 0.15) is 69.9 Å². The minimum Gasteiger partial charge on any atom is -0.464 e. The van der Waals surface area contributed by atoms with Crippen molar-refractivity contribution in [1.82, 2.24) is 16.0 Å². The van der Waals surface area contributed by atoms with Gasteiger partial charge in [-0.15, -0.1) is 0 Å². The zero-order valence-corrected chi connectivity index (χ0v) is 25.9. The van der Waals surface area contributed by atoms with Crippen molar-refractivity contribution in [2.75, 3.05) is 13.2 Å². The fourth-order valence-electron chi connectivity index (χ4n) is 5.29. The van der Waals surface area contributed by atoms with Gasteiger partial charge in [-0.25, -0.2) is 9.59 Å². The average molecular weight is 614 g/mol. The highest BCUT2D eigenvalue weighted by atomic mass is 35.5. The van der Waals surface area contributed by atoms with Crippen molar-refractivity contribution in [3.8, 4) is 0 Å². The third kappa shape index (κ3) is 12.3. The van der Waals surface area contributed by atoms with Crippen LogP contribution in [-0.4, -0.2) is 49.1 Å². The summed E-state index contributed by atoms with van der Waals surface area (Å²) in [6.45, 7) is 3.96. The predicted octanol–water partition coefficient (Wildman–Crippen LogP) is 5.34. The molecule has 1 fully saturated rings. The van der Waals surface area contributed by atoms with Crippen molar-refractivity contribution in [2.24, 2.45) is 11.8 Å². The summed E-state index contributed by atoms with van der Waals surface area (Å²) < 4.78 is 10.6. The molecule has 2 aromatic rings. The molecule has 0 spiro atoms. The molecule has 0 aromatic heterocycles. The first-order chi connectivity index (χ1) is 20.7. The molecule has 1 saturated carbocycles. The number of esters is 1. The van der Waals surface area contributed by atoms with Crippen molar-refractivity contribution in [3.63, 3.8) is 0 Å². The topological polar surface area (TPSA) is 123 Å². The van der Waals surface area contributed by atoms with Crippen LogP contribution in [0, 0.1) is 11.8 Å². The monoisotopic (exact) mass is 613 g/mol. The Morgan fingerprint density at radius 1 is 0.884 bits per heavy atom. The molecule has 43 heavy (non-hydrogen) atoms. The van der Waals surface area contributed by atoms with E-state index in [-0.39, 0.29) is 31.5 Å². The fourth-order valence-corrected chi connectivity index (χ4v) is 5.50. The molecule has 3 rings (SSSR count). The van der Waals surface area contributed by atoms with Gasteiger partial charge in [0.2, 0.25) is 11.8 Å². The molecule has 0 radical (unpaired) electrons. The summed E-state index contributed by atoms with van der Waals surface area (Å²) in [5.74, 6) is -1.67. The number of benzene rings is 2. The number of carbonyl (C=O) groups excluding carboxylic acids is 4. The van der Waals surface area contributed by atoms with Crippen LogP contribution < -0.4 is 16.0 Å². The summed E-state index contributed by atoms with van der Waals surface area (Å²) in [4.78, 5) is 52.0. The first kappa shape index (κ1) is 33.9. The number of halogens is 1. The molecule has 2 aromatic carbocycles. The summed E-state index contributed by atoms with van der Waals surface area (Å²) in [7, 11) is 0. The summed E-state index contributed by atoms with van der Waals surface area (Å²) in [5.41, 5.74) is 1.82. The largest absolute Gasteiger partial charge is 0.464 e. The van der Waals surface area contributed by atoms with E-state index in [4.69, 9.17) is 21.1 Å². The van der Waals surface area contributed by atoms with Gasteiger partial charge in [-0.1, -0.05) is 93.1 Å². The highest BCUT2D eigenvalue weighted by Gasteiger charge is 2.32. The normalized spacial score (nSPS) is 15.4. The van der Waals surface area contributed by atoms with E-state index < -0.39 is 36.0 Å². The SMILES string of the molecule is CCOC(=O)[C@H](CC(C)C(=O)NCCc1ccccc1)NC(=O)[C@H](CC1CCCCC1)NC(=O)OCc1cccc(Cl)c1. The second-order valence-corrected chi connectivity index (χ2v) is 11.6. The Kier molecular flexibility index (Phi) is 14.3. The van der Waals surface area contributed by atoms with Crippen LogP contribution in [0.2, 0.25) is 5.02 Å². The molecule has 234 valence electrons. The van der Waals surface area contributed by atoms with E-state index in [1.54, 1.807) is 38.1 Å². The minimum atomic E-state index is -1.06. The molecule has 0 saturated heterocycles. The Morgan fingerprint density at radius 3 is 2.30 bits per heavy atom. The number of amides is 3. The van der Waals surface area contributed by atoms with Crippen LogP contribution in [0.3, 0.4) is 0 Å². The Labute approximate surface area is 259 Å². The maximum atomic E-state index is 13.6. The van der Waals surface area contributed by atoms with Crippen molar-refractivity contribution >= 4 is 35.5 Å². The van der Waals surface area contributed by atoms with Gasteiger partial charge in [0.25, 0.3) is 0 Å². The van der Waals surface area contributed by atoms with E-state index in [1.165, 1.54) is 0 Å². The minimum absolute atomic E-state index is 0.00743. The van der Waals surface area contributed by atoms with Gasteiger partial charge in [0.05, 0.1) is 6.61 Å². The van der Waals surface area contributed by atoms with Gasteiger partial charge >= 0.3 is 12.1 Å². The van der Waals surface area contributed by atoms with Crippen LogP contribution in [0.4, 0.5) is 4.79 Å². The number of carbonyl (C=O) groups is 4. The van der Waals surface area contributed by atoms with E-state index in [0.29, 0.717) is 30.0 Å². The van der Waals surface area contributed by atoms with Crippen LogP contribution in [0.25, 0.3) is 0 Å². The fraction of sp³-hybridized carbons (Fsp3) is 0.515. The first-order valence-electron chi connectivity index (χ1n) is 15.2. The Morgan fingerprint density at radius 2 is 1.60 bits per heavy atom. The lowest BCUT2D eigenvalue weighted by molar-refractivity contribution is -0.148. The molecule has 3 N–H and O–H groups in total. The lowest BCUT2D eigenvalue weighted by Crippen LogP contribution is -2.53. The Balaban J connectivity index is 1.62. The molecule has 0 heterocycles. The lowest BCUT2D eigenvalue weighted by atomic mass is 9.84. The first-order valence-corrected chi connectivity index (χ1v) is 15.6. The van der Waals surface area contributed by atoms with Gasteiger partial charge in [0, 0.05) is 17.5 Å². The number of hydrogen-bond donors (Lipinski definition) is 3. The van der Waals surface area contributed by atoms with Crippen molar-refractivity contribution in [2.45, 2.75) is 83.9 Å². The second-order valence-electron chi connectivity index (χ2n) is 11.1. The molecular formula is C33H44ClN3O6. The lowest BCUT2D eigenvalue weighted by Gasteiger charge is -2.28. The molecule has 1 aliphatic carbocycles. The third-order valence-corrected chi connectivity index (χ3v) is 7.88. The van der Waals surface area contributed by atoms with Crippen LogP contribution >= 0.6 is 11.6 Å². The van der Waals surface area contributed by atoms with Gasteiger partial charge in [-0.05, 0) is 55.4 Å². The number of alkyl carbamates (subject to hydrolysis) is 1. The molecular weight excluding hydrogens is 570 g/mol. The Hall–Kier alpha value is -3.59. The van der Waals surface area contributed by atoms with Gasteiger partial charge in [-0.3, -0.25) is 9.59 Å². The summed E-state index contributed by atoms with van der Waals surface area (Å²) in [5, 5.41) is 8.91. The molecule has 3 amide bonds. The predicted molar refractivity (Wildman–Crippen MR) is 165 cm³/mol. The highest BCUT2D eigenvalue weighted by molar-refractivity contribution is 6.30. The molecule has 10 heteroatoms. The molecule has 1 unspecified atom stereocenters. The van der Waals surface area contributed by atoms with Gasteiger partial charge in [-0.2, -0.15) is 0 Å². The summed E-state index contributed by atoms with van der Waals surface area (Å²) in [6.07, 6.45) is 5.63. The van der Waals surface area contributed by atoms with E-state index in [2.05, 4.69) is 16.0 Å². The summed E-state index contributed by atoms with van der Waals surface area (Å²) in [6, 6.07) is 14.8. The van der Waals surface area contributed by atoms with E-state index in [9.17, 15) is 19.2 Å². The van der Waals surface area contributed by atoms with Crippen molar-refractivity contribution < 1.29 is 28.7 Å². The molecule has 0 bridgehead atoms. The van der Waals surface area contributed by atoms with E-state index >= 15 is 0 Å². The number of hydrogen-bond acceptors (Lipinski definition) is 6. The smallest absolute Gasteiger partial charge is 0.408 e. The van der Waals surface area contributed by atoms with E-state index in [1.807, 2.05) is 30.3 Å². The van der Waals surface area contributed by atoms with Crippen LogP contribution in [-0.2, 0) is 36.9 Å². The zero-order chi connectivity index (χ0) is 31.0. The molecule has 9 nitrogen and oxygen atoms in total. The number of rotatable bonds is 15. The van der Waals surface area contributed by atoms with Gasteiger partial charge < -0.3 is 25.4 Å². The van der Waals surface area contributed by atoms with Gasteiger partial charge in [0.1, 0.15) is 18.7 Å². The third-order valence-electron chi connectivity index (χ3n) is 7.64. The average Bonchev–Trinajstić information content (AvgIpc) is 3.00. The van der Waals surface area contributed by atoms with E-state index in [0.717, 1.165) is 37.7 Å². The zero-order valence-electron chi connectivity index (χ0n) is 25.1. The van der Waals surface area contributed by atoms with Crippen molar-refractivity contribution in [1.29, 1.82) is 0 Å². The molecule has 1 aliphatic rings. The standard InChI is InChI=1S/C33H44ClN3O6/c1-3-42-32(40)29(19-23(2)30(38)35-18-17-24-11-6-4-7-12-24)36-31(39)28(21-25-13-8-5-9-14-25)37-33(41)43-22-26-15-10-16-27(34)20-26/h4,6-7,10-12,15-16,20,23,25,28-29H,3,5,8-9,13-14,17-19,21-22H2,1-2H3,(H,35,38)(H,36,39)(H,37,41)/t23?,28-,29-/m0/s1. The van der Waals surface area contributed by atoms with Crippen molar-refractivity contribution in [3.05, 3.63) is 70.7 Å². The molecule has 0 aliphatic heterocycles. The van der Waals surface area contributed by atoms with Crippen LogP contribution in [0.5, 0.6) is 0 Å².